The fourth-order valence-corrected chi connectivity index (χ4v) is 4.88. The second-order valence-electron chi connectivity index (χ2n) is 8.74. The Kier molecular flexibility index (Phi) is 9.57. The third-order valence-corrected chi connectivity index (χ3v) is 7.58. The van der Waals surface area contributed by atoms with E-state index in [2.05, 4.69) is 20.8 Å². The molecule has 12 heteroatoms. The molecule has 208 valence electrons. The van der Waals surface area contributed by atoms with Crippen molar-refractivity contribution in [2.75, 3.05) is 25.3 Å². The van der Waals surface area contributed by atoms with E-state index in [4.69, 9.17) is 32.7 Å². The summed E-state index contributed by atoms with van der Waals surface area (Å²) in [5.41, 5.74) is 3.79. The molecular formula is C28H27Cl2N5O4S. The summed E-state index contributed by atoms with van der Waals surface area (Å²) >= 11 is 13.6. The average Bonchev–Trinajstić information content (AvgIpc) is 3.36. The first-order chi connectivity index (χ1) is 19.2. The van der Waals surface area contributed by atoms with Crippen LogP contribution in [0.1, 0.15) is 27.3 Å². The highest BCUT2D eigenvalue weighted by Gasteiger charge is 2.19. The third kappa shape index (κ3) is 6.88. The van der Waals surface area contributed by atoms with Gasteiger partial charge in [0.15, 0.2) is 22.5 Å². The van der Waals surface area contributed by atoms with Crippen molar-refractivity contribution in [2.24, 2.45) is 0 Å². The first-order valence-electron chi connectivity index (χ1n) is 12.1. The van der Waals surface area contributed by atoms with Crippen LogP contribution in [0, 0.1) is 13.8 Å². The lowest BCUT2D eigenvalue weighted by Gasteiger charge is -2.13. The van der Waals surface area contributed by atoms with E-state index in [9.17, 15) is 9.59 Å². The smallest absolute Gasteiger partial charge is 0.251 e. The van der Waals surface area contributed by atoms with E-state index in [1.807, 2.05) is 32.0 Å². The van der Waals surface area contributed by atoms with Gasteiger partial charge in [0.25, 0.3) is 5.91 Å². The number of benzene rings is 3. The molecule has 0 spiro atoms. The molecule has 2 N–H and O–H groups in total. The molecule has 4 rings (SSSR count). The van der Waals surface area contributed by atoms with E-state index in [1.54, 1.807) is 41.0 Å². The number of methoxy groups -OCH3 is 2. The van der Waals surface area contributed by atoms with E-state index in [-0.39, 0.29) is 24.1 Å². The van der Waals surface area contributed by atoms with Crippen LogP contribution in [-0.2, 0) is 11.3 Å². The Bertz CT molecular complexity index is 1560. The minimum Gasteiger partial charge on any atom is -0.493 e. The van der Waals surface area contributed by atoms with E-state index in [0.717, 1.165) is 16.8 Å². The quantitative estimate of drug-likeness (QED) is 0.219. The van der Waals surface area contributed by atoms with Gasteiger partial charge in [-0.05, 0) is 67.4 Å². The molecule has 9 nitrogen and oxygen atoms in total. The van der Waals surface area contributed by atoms with Crippen molar-refractivity contribution in [3.63, 3.8) is 0 Å². The van der Waals surface area contributed by atoms with Crippen LogP contribution in [0.5, 0.6) is 11.5 Å². The number of aromatic nitrogens is 3. The van der Waals surface area contributed by atoms with Crippen LogP contribution in [0.2, 0.25) is 10.0 Å². The summed E-state index contributed by atoms with van der Waals surface area (Å²) in [6.07, 6.45) is 0. The summed E-state index contributed by atoms with van der Waals surface area (Å²) < 4.78 is 12.3. The zero-order valence-electron chi connectivity index (χ0n) is 22.2. The minimum atomic E-state index is -0.341. The van der Waals surface area contributed by atoms with Gasteiger partial charge in [0, 0.05) is 11.3 Å². The van der Waals surface area contributed by atoms with E-state index < -0.39 is 0 Å². The highest BCUT2D eigenvalue weighted by Crippen LogP contribution is 2.29. The summed E-state index contributed by atoms with van der Waals surface area (Å²) in [5.74, 6) is 0.945. The predicted molar refractivity (Wildman–Crippen MR) is 157 cm³/mol. The van der Waals surface area contributed by atoms with Gasteiger partial charge in [0.05, 0.1) is 42.2 Å². The molecule has 0 fully saturated rings. The molecule has 1 heterocycles. The maximum atomic E-state index is 12.9. The Morgan fingerprint density at radius 1 is 0.925 bits per heavy atom. The van der Waals surface area contributed by atoms with Gasteiger partial charge in [-0.25, -0.2) is 0 Å². The predicted octanol–water partition coefficient (Wildman–Crippen LogP) is 5.87. The highest BCUT2D eigenvalue weighted by atomic mass is 35.5. The molecule has 2 amide bonds. The number of carbonyl (C=O) groups is 2. The topological polar surface area (TPSA) is 107 Å². The molecule has 0 saturated carbocycles. The van der Waals surface area contributed by atoms with Crippen LogP contribution in [0.15, 0.2) is 59.8 Å². The maximum absolute atomic E-state index is 12.9. The van der Waals surface area contributed by atoms with E-state index in [0.29, 0.717) is 43.8 Å². The molecule has 0 aliphatic rings. The molecular weight excluding hydrogens is 573 g/mol. The average molecular weight is 601 g/mol. The summed E-state index contributed by atoms with van der Waals surface area (Å²) in [5, 5.41) is 15.6. The van der Waals surface area contributed by atoms with Crippen molar-refractivity contribution in [2.45, 2.75) is 25.5 Å². The van der Waals surface area contributed by atoms with Crippen LogP contribution in [0.3, 0.4) is 0 Å². The number of amides is 2. The van der Waals surface area contributed by atoms with Gasteiger partial charge in [-0.2, -0.15) is 0 Å². The van der Waals surface area contributed by atoms with Gasteiger partial charge in [0.1, 0.15) is 0 Å². The van der Waals surface area contributed by atoms with Gasteiger partial charge in [-0.3, -0.25) is 14.2 Å². The first kappa shape index (κ1) is 29.3. The van der Waals surface area contributed by atoms with Crippen LogP contribution in [0.25, 0.3) is 5.69 Å². The van der Waals surface area contributed by atoms with Crippen molar-refractivity contribution < 1.29 is 19.1 Å². The molecule has 0 bridgehead atoms. The van der Waals surface area contributed by atoms with Crippen LogP contribution < -0.4 is 20.1 Å². The number of halogens is 2. The highest BCUT2D eigenvalue weighted by molar-refractivity contribution is 7.99. The van der Waals surface area contributed by atoms with E-state index in [1.165, 1.54) is 26.0 Å². The summed E-state index contributed by atoms with van der Waals surface area (Å²) in [6, 6.07) is 15.9. The number of aryl methyl sites for hydroxylation is 2. The lowest BCUT2D eigenvalue weighted by atomic mass is 10.1. The number of carbonyl (C=O) groups excluding carboxylic acids is 2. The number of hydrogen-bond acceptors (Lipinski definition) is 7. The molecule has 0 aliphatic heterocycles. The zero-order chi connectivity index (χ0) is 28.8. The van der Waals surface area contributed by atoms with Gasteiger partial charge < -0.3 is 20.1 Å². The fraction of sp³-hybridized carbons (Fsp3) is 0.214. The zero-order valence-corrected chi connectivity index (χ0v) is 24.6. The Balaban J connectivity index is 1.54. The van der Waals surface area contributed by atoms with Crippen LogP contribution in [-0.4, -0.2) is 46.6 Å². The molecule has 1 aromatic heterocycles. The number of nitrogens with zero attached hydrogens (tertiary/aromatic N) is 3. The lowest BCUT2D eigenvalue weighted by Crippen LogP contribution is -2.24. The van der Waals surface area contributed by atoms with Crippen LogP contribution >= 0.6 is 35.0 Å². The molecule has 0 atom stereocenters. The molecule has 0 aliphatic carbocycles. The summed E-state index contributed by atoms with van der Waals surface area (Å²) in [4.78, 5) is 25.7. The number of thioether (sulfide) groups is 1. The van der Waals surface area contributed by atoms with Crippen molar-refractivity contribution in [3.05, 3.63) is 87.2 Å². The second-order valence-corrected chi connectivity index (χ2v) is 10.5. The van der Waals surface area contributed by atoms with E-state index >= 15 is 0 Å². The summed E-state index contributed by atoms with van der Waals surface area (Å²) in [6.45, 7) is 3.95. The molecule has 40 heavy (non-hydrogen) atoms. The minimum absolute atomic E-state index is 0.0513. The molecule has 0 saturated heterocycles. The number of hydrogen-bond donors (Lipinski definition) is 2. The first-order valence-corrected chi connectivity index (χ1v) is 13.8. The monoisotopic (exact) mass is 599 g/mol. The van der Waals surface area contributed by atoms with Crippen molar-refractivity contribution >= 4 is 52.5 Å². The molecule has 0 unspecified atom stereocenters. The SMILES string of the molecule is COc1ccc(C(=O)NCc2nnc(SCC(=O)Nc3cc(C)ccc3C)n2-c2ccc(Cl)c(Cl)c2)cc1OC. The lowest BCUT2D eigenvalue weighted by molar-refractivity contribution is -0.113. The number of nitrogens with one attached hydrogen (secondary N) is 2. The largest absolute Gasteiger partial charge is 0.493 e. The van der Waals surface area contributed by atoms with Crippen molar-refractivity contribution in [1.29, 1.82) is 0 Å². The molecule has 0 radical (unpaired) electrons. The van der Waals surface area contributed by atoms with Crippen molar-refractivity contribution in [3.8, 4) is 17.2 Å². The number of rotatable bonds is 10. The molecule has 3 aromatic carbocycles. The fourth-order valence-electron chi connectivity index (χ4n) is 3.82. The molecule has 4 aromatic rings. The third-order valence-electron chi connectivity index (χ3n) is 5.91. The second kappa shape index (κ2) is 13.1. The Morgan fingerprint density at radius 2 is 1.70 bits per heavy atom. The van der Waals surface area contributed by atoms with Gasteiger partial charge in [-0.15, -0.1) is 10.2 Å². The standard InChI is InChI=1S/C28H27Cl2N5O4S/c1-16-5-6-17(2)22(11-16)32-26(36)15-40-28-34-33-25(35(28)19-8-9-20(29)21(30)13-19)14-31-27(37)18-7-10-23(38-3)24(12-18)39-4/h5-13H,14-15H2,1-4H3,(H,31,37)(H,32,36). The van der Waals surface area contributed by atoms with Crippen LogP contribution in [0.4, 0.5) is 5.69 Å². The number of anilines is 1. The van der Waals surface area contributed by atoms with Gasteiger partial charge in [0.2, 0.25) is 5.91 Å². The van der Waals surface area contributed by atoms with Gasteiger partial charge in [-0.1, -0.05) is 47.1 Å². The normalized spacial score (nSPS) is 10.8. The van der Waals surface area contributed by atoms with Gasteiger partial charge >= 0.3 is 0 Å². The maximum Gasteiger partial charge on any atom is 0.251 e. The number of ether oxygens (including phenoxy) is 2. The Morgan fingerprint density at radius 3 is 2.42 bits per heavy atom. The Hall–Kier alpha value is -3.73. The van der Waals surface area contributed by atoms with Crippen molar-refractivity contribution in [1.82, 2.24) is 20.1 Å². The summed E-state index contributed by atoms with van der Waals surface area (Å²) in [7, 11) is 3.02. The Labute approximate surface area is 246 Å².